The summed E-state index contributed by atoms with van der Waals surface area (Å²) in [5.41, 5.74) is 0. The van der Waals surface area contributed by atoms with E-state index in [1.807, 2.05) is 0 Å². The second kappa shape index (κ2) is 60.1. The minimum absolute atomic E-state index is 0.118. The lowest BCUT2D eigenvalue weighted by Crippen LogP contribution is -2.30. The molecular weight excluding hydrogens is 901 g/mol. The molecule has 0 saturated carbocycles. The van der Waals surface area contributed by atoms with Gasteiger partial charge in [-0.2, -0.15) is 0 Å². The number of hydrogen-bond acceptors (Lipinski definition) is 6. The Labute approximate surface area is 449 Å². The first-order chi connectivity index (χ1) is 36.0. The van der Waals surface area contributed by atoms with Crippen molar-refractivity contribution in [3.63, 3.8) is 0 Å². The molecule has 0 spiro atoms. The summed E-state index contributed by atoms with van der Waals surface area (Å²) in [6.45, 7) is 6.39. The fraction of sp³-hybridized carbons (Fsp3) is 0.627. The molecule has 73 heavy (non-hydrogen) atoms. The molecule has 0 aromatic carbocycles. The number of allylic oxidation sites excluding steroid dienone is 22. The van der Waals surface area contributed by atoms with E-state index < -0.39 is 6.10 Å². The molecule has 0 aromatic heterocycles. The van der Waals surface area contributed by atoms with Gasteiger partial charge in [-0.3, -0.25) is 14.4 Å². The number of hydrogen-bond donors (Lipinski definition) is 0. The Bertz CT molecular complexity index is 1580. The van der Waals surface area contributed by atoms with Gasteiger partial charge in [0.05, 0.1) is 0 Å². The van der Waals surface area contributed by atoms with Crippen molar-refractivity contribution < 1.29 is 28.6 Å². The maximum absolute atomic E-state index is 12.9. The molecular formula is C67H108O6. The van der Waals surface area contributed by atoms with Crippen LogP contribution in [-0.4, -0.2) is 37.2 Å². The van der Waals surface area contributed by atoms with Crippen LogP contribution in [0.1, 0.15) is 252 Å². The molecule has 6 nitrogen and oxygen atoms in total. The van der Waals surface area contributed by atoms with E-state index in [9.17, 15) is 14.4 Å². The molecule has 0 fully saturated rings. The second-order valence-corrected chi connectivity index (χ2v) is 19.2. The van der Waals surface area contributed by atoms with Gasteiger partial charge in [0.2, 0.25) is 0 Å². The number of rotatable bonds is 52. The minimum atomic E-state index is -0.823. The monoisotopic (exact) mass is 1010 g/mol. The lowest BCUT2D eigenvalue weighted by molar-refractivity contribution is -0.167. The summed E-state index contributed by atoms with van der Waals surface area (Å²) in [7, 11) is 0. The molecule has 0 aromatic rings. The van der Waals surface area contributed by atoms with Crippen LogP contribution in [0, 0.1) is 0 Å². The summed E-state index contributed by atoms with van der Waals surface area (Å²) in [5.74, 6) is -1.01. The Morgan fingerprint density at radius 3 is 0.904 bits per heavy atom. The van der Waals surface area contributed by atoms with Crippen LogP contribution in [0.5, 0.6) is 0 Å². The summed E-state index contributed by atoms with van der Waals surface area (Å²) in [4.78, 5) is 38.2. The van der Waals surface area contributed by atoms with Gasteiger partial charge in [-0.05, 0) is 135 Å². The van der Waals surface area contributed by atoms with Crippen LogP contribution < -0.4 is 0 Å². The van der Waals surface area contributed by atoms with E-state index in [1.54, 1.807) is 0 Å². The van der Waals surface area contributed by atoms with E-state index in [0.29, 0.717) is 19.3 Å². The smallest absolute Gasteiger partial charge is 0.306 e. The highest BCUT2D eigenvalue weighted by Crippen LogP contribution is 2.14. The molecule has 1 atom stereocenters. The van der Waals surface area contributed by atoms with Crippen molar-refractivity contribution in [2.24, 2.45) is 0 Å². The predicted molar refractivity (Wildman–Crippen MR) is 316 cm³/mol. The summed E-state index contributed by atoms with van der Waals surface area (Å²) in [6, 6.07) is 0. The van der Waals surface area contributed by atoms with Gasteiger partial charge in [-0.1, -0.05) is 231 Å². The molecule has 0 heterocycles. The van der Waals surface area contributed by atoms with Crippen molar-refractivity contribution >= 4 is 17.9 Å². The highest BCUT2D eigenvalue weighted by molar-refractivity contribution is 5.71. The Morgan fingerprint density at radius 2 is 0.548 bits per heavy atom. The van der Waals surface area contributed by atoms with E-state index in [1.165, 1.54) is 96.3 Å². The SMILES string of the molecule is CC/C=C/C/C=C/C/C=C/C/C=C/C/C=C/CCCC(=O)OC[C@H](COC(=O)CCCCC/C=C/C/C=C/C/C=C/C/C=C/CCCCC)OC(=O)CCCCCCCCCCC/C=C/C/C=C/CCCCC. The number of unbranched alkanes of at least 4 members (excludes halogenated alkanes) is 19. The third kappa shape index (κ3) is 58.3. The Morgan fingerprint density at radius 1 is 0.288 bits per heavy atom. The fourth-order valence-electron chi connectivity index (χ4n) is 7.67. The average molecular weight is 1010 g/mol. The Hall–Kier alpha value is -4.45. The second-order valence-electron chi connectivity index (χ2n) is 19.2. The third-order valence-electron chi connectivity index (χ3n) is 12.1. The summed E-state index contributed by atoms with van der Waals surface area (Å²) in [6.07, 6.45) is 84.4. The molecule has 0 aliphatic carbocycles. The predicted octanol–water partition coefficient (Wildman–Crippen LogP) is 20.2. The van der Waals surface area contributed by atoms with Crippen molar-refractivity contribution in [1.29, 1.82) is 0 Å². The quantitative estimate of drug-likeness (QED) is 0.0261. The molecule has 0 aliphatic rings. The number of esters is 3. The van der Waals surface area contributed by atoms with Gasteiger partial charge in [-0.25, -0.2) is 0 Å². The first-order valence-electron chi connectivity index (χ1n) is 29.7. The van der Waals surface area contributed by atoms with Crippen molar-refractivity contribution in [3.8, 4) is 0 Å². The van der Waals surface area contributed by atoms with Gasteiger partial charge < -0.3 is 14.2 Å². The zero-order valence-electron chi connectivity index (χ0n) is 47.1. The highest BCUT2D eigenvalue weighted by atomic mass is 16.6. The molecule has 0 radical (unpaired) electrons. The van der Waals surface area contributed by atoms with Gasteiger partial charge in [0.15, 0.2) is 6.10 Å². The molecule has 0 aliphatic heterocycles. The summed E-state index contributed by atoms with van der Waals surface area (Å²) >= 11 is 0. The van der Waals surface area contributed by atoms with Crippen molar-refractivity contribution in [3.05, 3.63) is 134 Å². The Kier molecular flexibility index (Phi) is 56.4. The summed E-state index contributed by atoms with van der Waals surface area (Å²) < 4.78 is 16.8. The van der Waals surface area contributed by atoms with Crippen LogP contribution in [0.15, 0.2) is 134 Å². The van der Waals surface area contributed by atoms with E-state index in [0.717, 1.165) is 109 Å². The zero-order chi connectivity index (χ0) is 52.9. The first kappa shape index (κ1) is 68.6. The van der Waals surface area contributed by atoms with E-state index in [4.69, 9.17) is 14.2 Å². The molecule has 0 saturated heterocycles. The molecule has 0 unspecified atom stereocenters. The molecule has 0 bridgehead atoms. The molecule has 0 rings (SSSR count). The number of ether oxygens (including phenoxy) is 3. The van der Waals surface area contributed by atoms with Crippen molar-refractivity contribution in [2.75, 3.05) is 13.2 Å². The van der Waals surface area contributed by atoms with Gasteiger partial charge >= 0.3 is 17.9 Å². The van der Waals surface area contributed by atoms with E-state index in [-0.39, 0.29) is 37.5 Å². The lowest BCUT2D eigenvalue weighted by atomic mass is 10.1. The first-order valence-corrected chi connectivity index (χ1v) is 29.7. The summed E-state index contributed by atoms with van der Waals surface area (Å²) in [5, 5.41) is 0. The normalized spacial score (nSPS) is 13.1. The highest BCUT2D eigenvalue weighted by Gasteiger charge is 2.19. The molecule has 6 heteroatoms. The number of carbonyl (C=O) groups excluding carboxylic acids is 3. The standard InChI is InChI=1S/C67H108O6/c1-4-7-10-13-16-19-22-25-28-31-33-36-39-42-45-48-51-54-57-60-66(69)72-63-64(62-71-65(68)59-56-53-50-47-44-41-38-35-30-27-24-21-18-15-12-9-6-3)73-67(70)61-58-55-52-49-46-43-40-37-34-32-29-26-23-20-17-14-11-8-5-2/h9,12,16-21,25-30,33,36,38,41-42,45,47,50,64H,4-8,10-11,13-15,22-24,31-32,34-35,37,39-40,43-44,46,48-49,51-63H2,1-3H3/b12-9+,19-16+,20-17+,21-18+,28-25+,29-26+,30-27+,36-33+,41-38+,45-42+,50-47+/t64-/m1/s1. The molecule has 0 N–H and O–H groups in total. The largest absolute Gasteiger partial charge is 0.462 e. The van der Waals surface area contributed by atoms with Gasteiger partial charge in [0, 0.05) is 19.3 Å². The third-order valence-corrected chi connectivity index (χ3v) is 12.1. The molecule has 0 amide bonds. The van der Waals surface area contributed by atoms with Crippen LogP contribution in [0.4, 0.5) is 0 Å². The van der Waals surface area contributed by atoms with Crippen molar-refractivity contribution in [2.45, 2.75) is 258 Å². The lowest BCUT2D eigenvalue weighted by Gasteiger charge is -2.18. The topological polar surface area (TPSA) is 78.9 Å². The van der Waals surface area contributed by atoms with Gasteiger partial charge in [0.25, 0.3) is 0 Å². The van der Waals surface area contributed by atoms with E-state index >= 15 is 0 Å². The Balaban J connectivity index is 4.55. The molecule has 412 valence electrons. The van der Waals surface area contributed by atoms with Gasteiger partial charge in [-0.15, -0.1) is 0 Å². The average Bonchev–Trinajstić information content (AvgIpc) is 3.39. The minimum Gasteiger partial charge on any atom is -0.462 e. The van der Waals surface area contributed by atoms with Crippen LogP contribution in [0.25, 0.3) is 0 Å². The van der Waals surface area contributed by atoms with Crippen LogP contribution in [-0.2, 0) is 28.6 Å². The van der Waals surface area contributed by atoms with Gasteiger partial charge in [0.1, 0.15) is 13.2 Å². The van der Waals surface area contributed by atoms with Crippen molar-refractivity contribution in [1.82, 2.24) is 0 Å². The fourth-order valence-corrected chi connectivity index (χ4v) is 7.67. The van der Waals surface area contributed by atoms with E-state index in [2.05, 4.69) is 154 Å². The van der Waals surface area contributed by atoms with Crippen LogP contribution in [0.2, 0.25) is 0 Å². The maximum Gasteiger partial charge on any atom is 0.306 e. The van der Waals surface area contributed by atoms with Crippen LogP contribution >= 0.6 is 0 Å². The van der Waals surface area contributed by atoms with Crippen LogP contribution in [0.3, 0.4) is 0 Å². The number of carbonyl (C=O) groups is 3. The maximum atomic E-state index is 12.9. The zero-order valence-corrected chi connectivity index (χ0v) is 47.1.